The largest absolute Gasteiger partial charge is 0.510 e. The Morgan fingerprint density at radius 1 is 1.29 bits per heavy atom. The van der Waals surface area contributed by atoms with Crippen LogP contribution in [0, 0.1) is 0 Å². The molecule has 4 nitrogen and oxygen atoms in total. The van der Waals surface area contributed by atoms with Crippen LogP contribution in [0.15, 0.2) is 0 Å². The number of carbonyl (C=O) groups excluding carboxylic acids is 1. The summed E-state index contributed by atoms with van der Waals surface area (Å²) >= 11 is 0. The molecule has 0 amide bonds. The van der Waals surface area contributed by atoms with Gasteiger partial charge in [0.05, 0.1) is 13.2 Å². The van der Waals surface area contributed by atoms with Gasteiger partial charge in [-0.2, -0.15) is 0 Å². The van der Waals surface area contributed by atoms with Gasteiger partial charge in [0.25, 0.3) is 0 Å². The third kappa shape index (κ3) is 3.96. The van der Waals surface area contributed by atoms with Gasteiger partial charge in [0, 0.05) is 0 Å². The fraction of sp³-hybridized carbons (Fsp3) is 0.900. The molecule has 1 rings (SSSR count). The molecule has 1 unspecified atom stereocenters. The lowest BCUT2D eigenvalue weighted by Gasteiger charge is -2.24. The maximum absolute atomic E-state index is 10.7. The zero-order valence-electron chi connectivity index (χ0n) is 8.82. The summed E-state index contributed by atoms with van der Waals surface area (Å²) in [4.78, 5) is 10.7. The van der Waals surface area contributed by atoms with E-state index in [1.54, 1.807) is 6.92 Å². The van der Waals surface area contributed by atoms with Crippen molar-refractivity contribution in [2.75, 3.05) is 7.11 Å². The zero-order chi connectivity index (χ0) is 10.4. The minimum absolute atomic E-state index is 0.239. The first-order valence-electron chi connectivity index (χ1n) is 5.12. The average Bonchev–Trinajstić information content (AvgIpc) is 2.19. The standard InChI is InChI=1S/C10H18O4/c1-8(14-10(11)12-2)13-9-6-4-3-5-7-9/h8-9H,3-7H2,1-2H3. The summed E-state index contributed by atoms with van der Waals surface area (Å²) < 4.78 is 14.7. The summed E-state index contributed by atoms with van der Waals surface area (Å²) in [6.45, 7) is 1.71. The van der Waals surface area contributed by atoms with E-state index in [2.05, 4.69) is 4.74 Å². The highest BCUT2D eigenvalue weighted by Crippen LogP contribution is 2.21. The van der Waals surface area contributed by atoms with Crippen LogP contribution in [0.25, 0.3) is 0 Å². The molecule has 0 heterocycles. The van der Waals surface area contributed by atoms with Crippen molar-refractivity contribution < 1.29 is 19.0 Å². The highest BCUT2D eigenvalue weighted by atomic mass is 16.8. The van der Waals surface area contributed by atoms with Crippen LogP contribution in [-0.4, -0.2) is 25.7 Å². The first-order valence-corrected chi connectivity index (χ1v) is 5.12. The molecule has 0 aromatic heterocycles. The molecular formula is C10H18O4. The fourth-order valence-corrected chi connectivity index (χ4v) is 1.68. The third-order valence-electron chi connectivity index (χ3n) is 2.37. The lowest BCUT2D eigenvalue weighted by Crippen LogP contribution is -2.26. The average molecular weight is 202 g/mol. The number of methoxy groups -OCH3 is 1. The number of ether oxygens (including phenoxy) is 3. The molecule has 0 aromatic rings. The summed E-state index contributed by atoms with van der Waals surface area (Å²) in [6.07, 6.45) is 4.86. The SMILES string of the molecule is COC(=O)OC(C)OC1CCCCC1. The van der Waals surface area contributed by atoms with Crippen LogP contribution in [-0.2, 0) is 14.2 Å². The van der Waals surface area contributed by atoms with Gasteiger partial charge in [0.2, 0.25) is 6.29 Å². The zero-order valence-corrected chi connectivity index (χ0v) is 8.82. The number of rotatable bonds is 3. The highest BCUT2D eigenvalue weighted by Gasteiger charge is 2.18. The van der Waals surface area contributed by atoms with E-state index in [1.165, 1.54) is 26.4 Å². The number of hydrogen-bond donors (Lipinski definition) is 0. The smallest absolute Gasteiger partial charge is 0.438 e. The molecule has 1 atom stereocenters. The van der Waals surface area contributed by atoms with E-state index in [9.17, 15) is 4.79 Å². The van der Waals surface area contributed by atoms with E-state index in [0.717, 1.165) is 12.8 Å². The number of hydrogen-bond acceptors (Lipinski definition) is 4. The minimum Gasteiger partial charge on any atom is -0.438 e. The van der Waals surface area contributed by atoms with E-state index in [0.29, 0.717) is 0 Å². The van der Waals surface area contributed by atoms with Crippen molar-refractivity contribution in [1.29, 1.82) is 0 Å². The minimum atomic E-state index is -0.687. The van der Waals surface area contributed by atoms with E-state index in [-0.39, 0.29) is 6.10 Å². The molecule has 82 valence electrons. The lowest BCUT2D eigenvalue weighted by atomic mass is 9.98. The van der Waals surface area contributed by atoms with E-state index < -0.39 is 12.4 Å². The molecule has 0 aliphatic heterocycles. The van der Waals surface area contributed by atoms with Crippen molar-refractivity contribution in [2.24, 2.45) is 0 Å². The molecule has 1 saturated carbocycles. The highest BCUT2D eigenvalue weighted by molar-refractivity contribution is 5.59. The van der Waals surface area contributed by atoms with Gasteiger partial charge in [-0.25, -0.2) is 4.79 Å². The normalized spacial score (nSPS) is 20.1. The summed E-state index contributed by atoms with van der Waals surface area (Å²) in [6, 6.07) is 0. The van der Waals surface area contributed by atoms with Gasteiger partial charge in [0.15, 0.2) is 0 Å². The molecule has 1 aliphatic carbocycles. The van der Waals surface area contributed by atoms with Crippen LogP contribution in [0.4, 0.5) is 4.79 Å². The molecule has 1 aliphatic rings. The Balaban J connectivity index is 2.18. The molecule has 0 radical (unpaired) electrons. The first kappa shape index (κ1) is 11.3. The molecule has 0 bridgehead atoms. The molecule has 4 heteroatoms. The summed E-state index contributed by atoms with van der Waals surface area (Å²) in [5, 5.41) is 0. The molecule has 0 N–H and O–H groups in total. The molecule has 0 spiro atoms. The van der Waals surface area contributed by atoms with E-state index in [4.69, 9.17) is 9.47 Å². The monoisotopic (exact) mass is 202 g/mol. The maximum atomic E-state index is 10.7. The molecule has 0 aromatic carbocycles. The Morgan fingerprint density at radius 2 is 1.93 bits per heavy atom. The molecule has 0 saturated heterocycles. The van der Waals surface area contributed by atoms with Crippen molar-refractivity contribution in [1.82, 2.24) is 0 Å². The van der Waals surface area contributed by atoms with Crippen LogP contribution in [0.3, 0.4) is 0 Å². The second-order valence-corrected chi connectivity index (χ2v) is 3.54. The summed E-state index contributed by atoms with van der Waals surface area (Å²) in [5.41, 5.74) is 0. The van der Waals surface area contributed by atoms with E-state index in [1.807, 2.05) is 0 Å². The Kier molecular flexibility index (Phi) is 4.73. The van der Waals surface area contributed by atoms with Crippen molar-refractivity contribution in [3.05, 3.63) is 0 Å². The second-order valence-electron chi connectivity index (χ2n) is 3.54. The van der Waals surface area contributed by atoms with Crippen LogP contribution in [0.2, 0.25) is 0 Å². The van der Waals surface area contributed by atoms with Crippen LogP contribution < -0.4 is 0 Å². The van der Waals surface area contributed by atoms with Gasteiger partial charge < -0.3 is 14.2 Å². The molecular weight excluding hydrogens is 184 g/mol. The van der Waals surface area contributed by atoms with Crippen LogP contribution in [0.1, 0.15) is 39.0 Å². The Hall–Kier alpha value is -0.770. The van der Waals surface area contributed by atoms with Gasteiger partial charge in [-0.15, -0.1) is 0 Å². The summed E-state index contributed by atoms with van der Waals surface area (Å²) in [7, 11) is 1.29. The predicted molar refractivity (Wildman–Crippen MR) is 50.9 cm³/mol. The third-order valence-corrected chi connectivity index (χ3v) is 2.37. The molecule has 1 fully saturated rings. The van der Waals surface area contributed by atoms with Crippen LogP contribution in [0.5, 0.6) is 0 Å². The summed E-state index contributed by atoms with van der Waals surface area (Å²) in [5.74, 6) is 0. The molecule has 14 heavy (non-hydrogen) atoms. The lowest BCUT2D eigenvalue weighted by molar-refractivity contribution is -0.145. The Bertz CT molecular complexity index is 175. The predicted octanol–water partition coefficient (Wildman–Crippen LogP) is 2.46. The van der Waals surface area contributed by atoms with Crippen molar-refractivity contribution in [3.8, 4) is 0 Å². The Morgan fingerprint density at radius 3 is 2.50 bits per heavy atom. The van der Waals surface area contributed by atoms with Gasteiger partial charge >= 0.3 is 6.16 Å². The van der Waals surface area contributed by atoms with Gasteiger partial charge in [-0.3, -0.25) is 0 Å². The quantitative estimate of drug-likeness (QED) is 0.521. The van der Waals surface area contributed by atoms with Crippen molar-refractivity contribution in [3.63, 3.8) is 0 Å². The maximum Gasteiger partial charge on any atom is 0.510 e. The van der Waals surface area contributed by atoms with Crippen molar-refractivity contribution >= 4 is 6.16 Å². The van der Waals surface area contributed by atoms with Gasteiger partial charge in [-0.05, 0) is 19.8 Å². The Labute approximate surface area is 84.5 Å². The fourth-order valence-electron chi connectivity index (χ4n) is 1.68. The van der Waals surface area contributed by atoms with Crippen LogP contribution >= 0.6 is 0 Å². The van der Waals surface area contributed by atoms with Crippen molar-refractivity contribution in [2.45, 2.75) is 51.4 Å². The topological polar surface area (TPSA) is 44.8 Å². The first-order chi connectivity index (χ1) is 6.72. The van der Waals surface area contributed by atoms with Gasteiger partial charge in [-0.1, -0.05) is 19.3 Å². The number of carbonyl (C=O) groups is 1. The van der Waals surface area contributed by atoms with E-state index >= 15 is 0 Å². The van der Waals surface area contributed by atoms with Gasteiger partial charge in [0.1, 0.15) is 0 Å². The second kappa shape index (κ2) is 5.86.